The number of carbonyl (C=O) groups excluding carboxylic acids is 1. The van der Waals surface area contributed by atoms with Gasteiger partial charge in [-0.1, -0.05) is 23.5 Å². The number of thiophene rings is 1. The maximum absolute atomic E-state index is 13.8. The van der Waals surface area contributed by atoms with E-state index in [-0.39, 0.29) is 26.5 Å². The summed E-state index contributed by atoms with van der Waals surface area (Å²) in [6.45, 7) is 0.728. The van der Waals surface area contributed by atoms with Crippen LogP contribution >= 0.6 is 11.3 Å². The number of nitrogens with zero attached hydrogens (tertiary/aromatic N) is 2. The molecular weight excluding hydrogens is 409 g/mol. The van der Waals surface area contributed by atoms with Gasteiger partial charge < -0.3 is 10.2 Å². The Bertz CT molecular complexity index is 1010. The van der Waals surface area contributed by atoms with Crippen molar-refractivity contribution in [3.63, 3.8) is 0 Å². The predicted molar refractivity (Wildman–Crippen MR) is 103 cm³/mol. The van der Waals surface area contributed by atoms with Crippen LogP contribution in [0, 0.1) is 15.9 Å². The van der Waals surface area contributed by atoms with E-state index < -0.39 is 26.5 Å². The molecule has 8 nitrogen and oxygen atoms in total. The monoisotopic (exact) mass is 427 g/mol. The predicted octanol–water partition coefficient (Wildman–Crippen LogP) is 2.92. The van der Waals surface area contributed by atoms with Gasteiger partial charge in [0.15, 0.2) is 14.8 Å². The molecule has 2 aromatic rings. The van der Waals surface area contributed by atoms with Gasteiger partial charge in [0.05, 0.1) is 10.5 Å². The van der Waals surface area contributed by atoms with Gasteiger partial charge in [0.1, 0.15) is 10.0 Å². The van der Waals surface area contributed by atoms with E-state index >= 15 is 0 Å². The summed E-state index contributed by atoms with van der Waals surface area (Å²) in [7, 11) is -3.55. The lowest BCUT2D eigenvalue weighted by Gasteiger charge is -2.32. The summed E-state index contributed by atoms with van der Waals surface area (Å²) < 4.78 is 37.1. The van der Waals surface area contributed by atoms with E-state index in [0.717, 1.165) is 23.7 Å². The number of sulfone groups is 1. The van der Waals surface area contributed by atoms with Crippen molar-refractivity contribution in [2.45, 2.75) is 23.1 Å². The topological polar surface area (TPSA) is 110 Å². The van der Waals surface area contributed by atoms with Crippen molar-refractivity contribution >= 4 is 37.8 Å². The van der Waals surface area contributed by atoms with Crippen LogP contribution in [0.2, 0.25) is 0 Å². The fourth-order valence-corrected chi connectivity index (χ4v) is 5.02. The molecule has 0 aliphatic carbocycles. The van der Waals surface area contributed by atoms with Gasteiger partial charge in [-0.3, -0.25) is 14.9 Å². The third-order valence-corrected chi connectivity index (χ3v) is 7.33. The molecule has 11 heteroatoms. The number of benzene rings is 1. The molecule has 0 saturated carbocycles. The number of carbonyl (C=O) groups is 1. The van der Waals surface area contributed by atoms with Crippen molar-refractivity contribution in [1.82, 2.24) is 4.90 Å². The highest BCUT2D eigenvalue weighted by atomic mass is 32.2. The number of nitro groups is 1. The van der Waals surface area contributed by atoms with E-state index in [1.54, 1.807) is 11.0 Å². The molecule has 1 aliphatic rings. The van der Waals surface area contributed by atoms with Crippen molar-refractivity contribution in [2.75, 3.05) is 24.7 Å². The Morgan fingerprint density at radius 2 is 1.96 bits per heavy atom. The van der Waals surface area contributed by atoms with Gasteiger partial charge in [-0.2, -0.15) is 0 Å². The van der Waals surface area contributed by atoms with E-state index in [4.69, 9.17) is 0 Å². The summed E-state index contributed by atoms with van der Waals surface area (Å²) in [6.07, 6.45) is 2.01. The highest BCUT2D eigenvalue weighted by molar-refractivity contribution is 7.92. The van der Waals surface area contributed by atoms with Crippen molar-refractivity contribution in [2.24, 2.45) is 0 Å². The maximum atomic E-state index is 13.8. The molecule has 150 valence electrons. The molecule has 0 bridgehead atoms. The minimum atomic E-state index is -3.55. The number of anilines is 1. The van der Waals surface area contributed by atoms with Gasteiger partial charge in [0.25, 0.3) is 5.91 Å². The number of piperidine rings is 1. The van der Waals surface area contributed by atoms with Crippen LogP contribution in [0.4, 0.5) is 15.1 Å². The lowest BCUT2D eigenvalue weighted by Crippen LogP contribution is -2.42. The first kappa shape index (κ1) is 20.2. The minimum Gasteiger partial charge on any atom is -0.368 e. The van der Waals surface area contributed by atoms with E-state index in [1.165, 1.54) is 18.2 Å². The molecule has 3 rings (SSSR count). The van der Waals surface area contributed by atoms with E-state index in [2.05, 4.69) is 5.32 Å². The Morgan fingerprint density at radius 3 is 2.54 bits per heavy atom. The molecule has 1 aromatic heterocycles. The first-order valence-corrected chi connectivity index (χ1v) is 11.2. The second-order valence-corrected chi connectivity index (χ2v) is 9.79. The molecule has 0 unspecified atom stereocenters. The zero-order valence-electron chi connectivity index (χ0n) is 14.9. The standard InChI is InChI=1S/C17H18FN3O5S2/c1-28(25,26)15-10-14(21(23)24)16(27-15)19-11-6-8-20(9-7-11)17(22)12-4-2-3-5-13(12)18/h2-5,10-11,19H,6-9H2,1H3. The average Bonchev–Trinajstić information content (AvgIpc) is 3.07. The van der Waals surface area contributed by atoms with E-state index in [9.17, 15) is 27.7 Å². The summed E-state index contributed by atoms with van der Waals surface area (Å²) in [4.78, 5) is 24.6. The summed E-state index contributed by atoms with van der Waals surface area (Å²) in [5.74, 6) is -0.965. The number of amides is 1. The highest BCUT2D eigenvalue weighted by Gasteiger charge is 2.29. The summed E-state index contributed by atoms with van der Waals surface area (Å²) in [6, 6.07) is 6.68. The van der Waals surface area contributed by atoms with Gasteiger partial charge >= 0.3 is 5.69 Å². The number of rotatable bonds is 5. The van der Waals surface area contributed by atoms with Crippen LogP contribution in [-0.4, -0.2) is 49.5 Å². The van der Waals surface area contributed by atoms with Crippen molar-refractivity contribution in [3.05, 3.63) is 51.8 Å². The van der Waals surface area contributed by atoms with Crippen LogP contribution in [0.5, 0.6) is 0 Å². The number of likely N-dealkylation sites (tertiary alicyclic amines) is 1. The number of nitrogens with one attached hydrogen (secondary N) is 1. The van der Waals surface area contributed by atoms with E-state index in [0.29, 0.717) is 25.9 Å². The van der Waals surface area contributed by atoms with Gasteiger partial charge in [0, 0.05) is 31.5 Å². The molecule has 1 saturated heterocycles. The zero-order chi connectivity index (χ0) is 20.5. The highest BCUT2D eigenvalue weighted by Crippen LogP contribution is 2.38. The second-order valence-electron chi connectivity index (χ2n) is 6.50. The maximum Gasteiger partial charge on any atom is 0.304 e. The van der Waals surface area contributed by atoms with Crippen molar-refractivity contribution in [3.8, 4) is 0 Å². The summed E-state index contributed by atoms with van der Waals surface area (Å²) in [5, 5.41) is 14.4. The molecule has 1 N–H and O–H groups in total. The lowest BCUT2D eigenvalue weighted by molar-refractivity contribution is -0.383. The van der Waals surface area contributed by atoms with Crippen LogP contribution in [0.1, 0.15) is 23.2 Å². The quantitative estimate of drug-likeness (QED) is 0.580. The number of halogens is 1. The first-order chi connectivity index (χ1) is 13.2. The van der Waals surface area contributed by atoms with Crippen molar-refractivity contribution < 1.29 is 22.5 Å². The second kappa shape index (κ2) is 7.84. The third kappa shape index (κ3) is 4.30. The minimum absolute atomic E-state index is 0.0144. The van der Waals surface area contributed by atoms with Crippen LogP contribution in [0.15, 0.2) is 34.5 Å². The molecule has 0 atom stereocenters. The van der Waals surface area contributed by atoms with Crippen LogP contribution in [0.25, 0.3) is 0 Å². The first-order valence-electron chi connectivity index (χ1n) is 8.45. The largest absolute Gasteiger partial charge is 0.368 e. The van der Waals surface area contributed by atoms with Crippen LogP contribution < -0.4 is 5.32 Å². The summed E-state index contributed by atoms with van der Waals surface area (Å²) in [5.41, 5.74) is -0.268. The van der Waals surface area contributed by atoms with E-state index in [1.807, 2.05) is 0 Å². The van der Waals surface area contributed by atoms with Gasteiger partial charge in [-0.15, -0.1) is 0 Å². The summed E-state index contributed by atoms with van der Waals surface area (Å²) >= 11 is 0.823. The van der Waals surface area contributed by atoms with Gasteiger partial charge in [-0.05, 0) is 25.0 Å². The van der Waals surface area contributed by atoms with Crippen LogP contribution in [-0.2, 0) is 9.84 Å². The Morgan fingerprint density at radius 1 is 1.32 bits per heavy atom. The Balaban J connectivity index is 1.68. The normalized spacial score (nSPS) is 15.4. The molecule has 1 fully saturated rings. The molecule has 0 spiro atoms. The number of hydrogen-bond acceptors (Lipinski definition) is 7. The average molecular weight is 427 g/mol. The third-order valence-electron chi connectivity index (χ3n) is 4.47. The fraction of sp³-hybridized carbons (Fsp3) is 0.353. The Hall–Kier alpha value is -2.53. The Labute approximate surface area is 165 Å². The molecule has 28 heavy (non-hydrogen) atoms. The molecule has 1 amide bonds. The molecule has 0 radical (unpaired) electrons. The zero-order valence-corrected chi connectivity index (χ0v) is 16.6. The number of hydrogen-bond donors (Lipinski definition) is 1. The lowest BCUT2D eigenvalue weighted by atomic mass is 10.0. The van der Waals surface area contributed by atoms with Crippen LogP contribution in [0.3, 0.4) is 0 Å². The van der Waals surface area contributed by atoms with Gasteiger partial charge in [0.2, 0.25) is 0 Å². The molecule has 2 heterocycles. The molecule has 1 aromatic carbocycles. The fourth-order valence-electron chi connectivity index (χ4n) is 3.00. The molecule has 1 aliphatic heterocycles. The molecular formula is C17H18FN3O5S2. The van der Waals surface area contributed by atoms with Crippen molar-refractivity contribution in [1.29, 1.82) is 0 Å². The van der Waals surface area contributed by atoms with Gasteiger partial charge in [-0.25, -0.2) is 12.8 Å². The SMILES string of the molecule is CS(=O)(=O)c1cc([N+](=O)[O-])c(NC2CCN(C(=O)c3ccccc3F)CC2)s1. The Kier molecular flexibility index (Phi) is 5.66. The smallest absolute Gasteiger partial charge is 0.304 e.